The Morgan fingerprint density at radius 1 is 1.60 bits per heavy atom. The molecule has 0 fully saturated rings. The average Bonchev–Trinajstić information content (AvgIpc) is 2.20. The largest absolute Gasteiger partial charge is 0.335 e. The van der Waals surface area contributed by atoms with Crippen LogP contribution in [0.25, 0.3) is 0 Å². The molecule has 0 spiro atoms. The van der Waals surface area contributed by atoms with Crippen LogP contribution in [0.2, 0.25) is 0 Å². The van der Waals surface area contributed by atoms with Crippen LogP contribution in [0.3, 0.4) is 0 Å². The van der Waals surface area contributed by atoms with E-state index in [0.29, 0.717) is 17.7 Å². The van der Waals surface area contributed by atoms with Crippen molar-refractivity contribution in [1.29, 1.82) is 0 Å². The number of nitrogens with zero attached hydrogens (tertiary/aromatic N) is 1. The monoisotopic (exact) mass is 224 g/mol. The smallest absolute Gasteiger partial charge is 0.322 e. The lowest BCUT2D eigenvalue weighted by Crippen LogP contribution is -2.10. The van der Waals surface area contributed by atoms with Crippen LogP contribution in [0.15, 0.2) is 17.1 Å². The number of nitrogens with one attached hydrogen (secondary N) is 1. The summed E-state index contributed by atoms with van der Waals surface area (Å²) < 4.78 is 0. The van der Waals surface area contributed by atoms with Crippen LogP contribution in [0.5, 0.6) is 0 Å². The maximum atomic E-state index is 11.0. The second-order valence-electron chi connectivity index (χ2n) is 2.64. The Kier molecular flexibility index (Phi) is 3.94. The summed E-state index contributed by atoms with van der Waals surface area (Å²) in [6, 6.07) is 1.16. The Morgan fingerprint density at radius 3 is 2.93 bits per heavy atom. The maximum absolute atomic E-state index is 11.0. The summed E-state index contributed by atoms with van der Waals surface area (Å²) in [5.74, 6) is 6.08. The second-order valence-corrected chi connectivity index (χ2v) is 3.08. The van der Waals surface area contributed by atoms with Gasteiger partial charge in [-0.15, -0.1) is 0 Å². The van der Waals surface area contributed by atoms with Crippen molar-refractivity contribution < 1.29 is 4.92 Å². The standard InChI is InChI=1S/C9H8N2O3S/c12-9-8(11(13)14)5-7(6-10-9)3-1-2-4-15/h5-6,15H,2,4H2,(H,10,12). The third-order valence-electron chi connectivity index (χ3n) is 1.55. The van der Waals surface area contributed by atoms with Crippen molar-refractivity contribution in [2.24, 2.45) is 0 Å². The summed E-state index contributed by atoms with van der Waals surface area (Å²) >= 11 is 3.97. The number of hydrogen-bond acceptors (Lipinski definition) is 4. The first-order valence-corrected chi connectivity index (χ1v) is 4.75. The minimum absolute atomic E-state index is 0.420. The number of hydrogen-bond donors (Lipinski definition) is 2. The van der Waals surface area contributed by atoms with Crippen molar-refractivity contribution in [2.45, 2.75) is 6.42 Å². The molecule has 6 heteroatoms. The van der Waals surface area contributed by atoms with Gasteiger partial charge in [0, 0.05) is 30.0 Å². The minimum Gasteiger partial charge on any atom is -0.322 e. The summed E-state index contributed by atoms with van der Waals surface area (Å²) in [4.78, 5) is 22.9. The maximum Gasteiger partial charge on any atom is 0.335 e. The van der Waals surface area contributed by atoms with Gasteiger partial charge >= 0.3 is 11.2 Å². The molecule has 1 aromatic rings. The van der Waals surface area contributed by atoms with Gasteiger partial charge in [-0.25, -0.2) is 0 Å². The Labute approximate surface area is 91.1 Å². The van der Waals surface area contributed by atoms with Crippen molar-refractivity contribution in [3.05, 3.63) is 38.3 Å². The van der Waals surface area contributed by atoms with Gasteiger partial charge in [-0.1, -0.05) is 11.8 Å². The molecule has 1 N–H and O–H groups in total. The molecule has 1 heterocycles. The van der Waals surface area contributed by atoms with Crippen molar-refractivity contribution in [1.82, 2.24) is 4.98 Å². The molecule has 0 bridgehead atoms. The van der Waals surface area contributed by atoms with Gasteiger partial charge in [0.1, 0.15) is 0 Å². The summed E-state index contributed by atoms with van der Waals surface area (Å²) in [6.45, 7) is 0. The zero-order valence-corrected chi connectivity index (χ0v) is 8.58. The van der Waals surface area contributed by atoms with E-state index in [-0.39, 0.29) is 0 Å². The van der Waals surface area contributed by atoms with E-state index in [4.69, 9.17) is 0 Å². The van der Waals surface area contributed by atoms with Crippen molar-refractivity contribution in [2.75, 3.05) is 5.75 Å². The molecule has 0 atom stereocenters. The third-order valence-corrected chi connectivity index (χ3v) is 1.77. The predicted octanol–water partition coefficient (Wildman–Crippen LogP) is 0.955. The molecule has 1 rings (SSSR count). The summed E-state index contributed by atoms with van der Waals surface area (Å²) in [6.07, 6.45) is 1.94. The highest BCUT2D eigenvalue weighted by Crippen LogP contribution is 2.04. The zero-order valence-electron chi connectivity index (χ0n) is 7.69. The zero-order chi connectivity index (χ0) is 11.3. The van der Waals surface area contributed by atoms with E-state index in [9.17, 15) is 14.9 Å². The number of thiol groups is 1. The number of nitro groups is 1. The van der Waals surface area contributed by atoms with E-state index in [0.717, 1.165) is 6.07 Å². The lowest BCUT2D eigenvalue weighted by atomic mass is 10.2. The first kappa shape index (κ1) is 11.3. The molecule has 0 saturated heterocycles. The van der Waals surface area contributed by atoms with Crippen LogP contribution in [0, 0.1) is 22.0 Å². The van der Waals surface area contributed by atoms with Gasteiger partial charge in [-0.05, 0) is 0 Å². The highest BCUT2D eigenvalue weighted by Gasteiger charge is 2.11. The van der Waals surface area contributed by atoms with Gasteiger partial charge in [0.25, 0.3) is 0 Å². The Morgan fingerprint density at radius 2 is 2.33 bits per heavy atom. The van der Waals surface area contributed by atoms with Gasteiger partial charge < -0.3 is 4.98 Å². The Balaban J connectivity index is 3.05. The van der Waals surface area contributed by atoms with Crippen molar-refractivity contribution in [3.8, 4) is 11.8 Å². The molecule has 0 aliphatic carbocycles. The van der Waals surface area contributed by atoms with Crippen LogP contribution in [-0.2, 0) is 0 Å². The van der Waals surface area contributed by atoms with Gasteiger partial charge in [0.15, 0.2) is 0 Å². The predicted molar refractivity (Wildman–Crippen MR) is 59.1 cm³/mol. The fourth-order valence-electron chi connectivity index (χ4n) is 0.900. The molecule has 1 aromatic heterocycles. The van der Waals surface area contributed by atoms with E-state index in [1.807, 2.05) is 0 Å². The average molecular weight is 224 g/mol. The van der Waals surface area contributed by atoms with Crippen LogP contribution in [-0.4, -0.2) is 15.7 Å². The van der Waals surface area contributed by atoms with E-state index in [2.05, 4.69) is 29.5 Å². The quantitative estimate of drug-likeness (QED) is 0.340. The molecule has 5 nitrogen and oxygen atoms in total. The van der Waals surface area contributed by atoms with Crippen molar-refractivity contribution in [3.63, 3.8) is 0 Å². The molecule has 0 unspecified atom stereocenters. The highest BCUT2D eigenvalue weighted by molar-refractivity contribution is 7.80. The molecule has 15 heavy (non-hydrogen) atoms. The minimum atomic E-state index is -0.734. The lowest BCUT2D eigenvalue weighted by molar-refractivity contribution is -0.386. The fourth-order valence-corrected chi connectivity index (χ4v) is 1.01. The van der Waals surface area contributed by atoms with Gasteiger partial charge in [-0.2, -0.15) is 12.6 Å². The van der Waals surface area contributed by atoms with Crippen LogP contribution < -0.4 is 5.56 Å². The number of rotatable bonds is 2. The Hall–Kier alpha value is -1.74. The van der Waals surface area contributed by atoms with Gasteiger partial charge in [0.2, 0.25) is 0 Å². The highest BCUT2D eigenvalue weighted by atomic mass is 32.1. The SMILES string of the molecule is O=c1[nH]cc(C#CCCS)cc1[N+](=O)[O-]. The Bertz CT molecular complexity index is 484. The molecule has 0 aliphatic rings. The van der Waals surface area contributed by atoms with Gasteiger partial charge in [0.05, 0.1) is 4.92 Å². The van der Waals surface area contributed by atoms with Crippen LogP contribution >= 0.6 is 12.6 Å². The molecular formula is C9H8N2O3S. The molecule has 0 aromatic carbocycles. The molecule has 78 valence electrons. The van der Waals surface area contributed by atoms with E-state index in [1.54, 1.807) is 0 Å². The fraction of sp³-hybridized carbons (Fsp3) is 0.222. The second kappa shape index (κ2) is 5.22. The van der Waals surface area contributed by atoms with Crippen LogP contribution in [0.1, 0.15) is 12.0 Å². The van der Waals surface area contributed by atoms with Gasteiger partial charge in [-0.3, -0.25) is 14.9 Å². The molecule has 0 aliphatic heterocycles. The molecule has 0 radical (unpaired) electrons. The van der Waals surface area contributed by atoms with Crippen LogP contribution in [0.4, 0.5) is 5.69 Å². The van der Waals surface area contributed by atoms with Crippen molar-refractivity contribution >= 4 is 18.3 Å². The first-order chi connectivity index (χ1) is 7.15. The molecular weight excluding hydrogens is 216 g/mol. The number of aromatic nitrogens is 1. The number of H-pyrrole nitrogens is 1. The van der Waals surface area contributed by atoms with E-state index < -0.39 is 16.2 Å². The number of aromatic amines is 1. The summed E-state index contributed by atoms with van der Waals surface area (Å²) in [5, 5.41) is 10.4. The first-order valence-electron chi connectivity index (χ1n) is 4.12. The van der Waals surface area contributed by atoms with E-state index >= 15 is 0 Å². The summed E-state index contributed by atoms with van der Waals surface area (Å²) in [7, 11) is 0. The lowest BCUT2D eigenvalue weighted by Gasteiger charge is -1.91. The van der Waals surface area contributed by atoms with E-state index in [1.165, 1.54) is 6.20 Å². The third kappa shape index (κ3) is 3.14. The summed E-state index contributed by atoms with van der Waals surface area (Å²) in [5.41, 5.74) is -0.796. The topological polar surface area (TPSA) is 76.0 Å². The molecule has 0 amide bonds. The number of pyridine rings is 1. The normalized spacial score (nSPS) is 9.13. The molecule has 0 saturated carbocycles.